The van der Waals surface area contributed by atoms with Crippen molar-refractivity contribution in [3.05, 3.63) is 34.8 Å². The molecule has 0 amide bonds. The molecule has 0 saturated carbocycles. The summed E-state index contributed by atoms with van der Waals surface area (Å²) in [4.78, 5) is 4.25. The largest absolute Gasteiger partial charge is 0.248 e. The van der Waals surface area contributed by atoms with Gasteiger partial charge in [-0.25, -0.2) is 4.98 Å². The summed E-state index contributed by atoms with van der Waals surface area (Å²) in [6.07, 6.45) is 1.86. The van der Waals surface area contributed by atoms with Crippen molar-refractivity contribution in [2.75, 3.05) is 0 Å². The van der Waals surface area contributed by atoms with E-state index in [0.29, 0.717) is 10.9 Å². The molecule has 1 aromatic heterocycles. The van der Waals surface area contributed by atoms with Crippen LogP contribution in [0.25, 0.3) is 0 Å². The van der Waals surface area contributed by atoms with E-state index in [-0.39, 0.29) is 0 Å². The highest BCUT2D eigenvalue weighted by molar-refractivity contribution is 8.02. The standard InChI is InChI=1S/C10H12ClNS/c1-4-13-10-9(11)5-8(6-12-10)7(2)3/h4-7H,1H2,2-3H3. The molecule has 0 saturated heterocycles. The Morgan fingerprint density at radius 1 is 1.62 bits per heavy atom. The molecule has 0 aromatic carbocycles. The zero-order valence-electron chi connectivity index (χ0n) is 7.75. The average Bonchev–Trinajstić information content (AvgIpc) is 2.08. The number of nitrogens with zero attached hydrogens (tertiary/aromatic N) is 1. The van der Waals surface area contributed by atoms with E-state index in [4.69, 9.17) is 11.6 Å². The molecule has 0 fully saturated rings. The number of halogens is 1. The molecule has 13 heavy (non-hydrogen) atoms. The first-order chi connectivity index (χ1) is 6.15. The quantitative estimate of drug-likeness (QED) is 0.702. The smallest absolute Gasteiger partial charge is 0.119 e. The molecule has 0 radical (unpaired) electrons. The third kappa shape index (κ3) is 2.75. The third-order valence-electron chi connectivity index (χ3n) is 1.69. The highest BCUT2D eigenvalue weighted by Crippen LogP contribution is 2.27. The van der Waals surface area contributed by atoms with Gasteiger partial charge in [-0.15, -0.1) is 0 Å². The van der Waals surface area contributed by atoms with Crippen LogP contribution in [0.5, 0.6) is 0 Å². The normalized spacial score (nSPS) is 10.5. The Labute approximate surface area is 88.2 Å². The topological polar surface area (TPSA) is 12.9 Å². The highest BCUT2D eigenvalue weighted by Gasteiger charge is 2.04. The van der Waals surface area contributed by atoms with E-state index in [9.17, 15) is 0 Å². The maximum atomic E-state index is 6.02. The van der Waals surface area contributed by atoms with Crippen molar-refractivity contribution in [2.45, 2.75) is 24.8 Å². The summed E-state index contributed by atoms with van der Waals surface area (Å²) >= 11 is 7.46. The van der Waals surface area contributed by atoms with Crippen molar-refractivity contribution >= 4 is 23.4 Å². The van der Waals surface area contributed by atoms with Crippen LogP contribution in [0, 0.1) is 0 Å². The first-order valence-corrected chi connectivity index (χ1v) is 5.34. The number of rotatable bonds is 3. The Bertz CT molecular complexity index is 310. The zero-order chi connectivity index (χ0) is 9.84. The van der Waals surface area contributed by atoms with Crippen molar-refractivity contribution in [1.29, 1.82) is 0 Å². The second kappa shape index (κ2) is 4.68. The van der Waals surface area contributed by atoms with Crippen molar-refractivity contribution in [3.8, 4) is 0 Å². The Morgan fingerprint density at radius 3 is 2.77 bits per heavy atom. The van der Waals surface area contributed by atoms with E-state index in [1.807, 2.05) is 12.3 Å². The molecule has 1 rings (SSSR count). The lowest BCUT2D eigenvalue weighted by atomic mass is 10.1. The Hall–Kier alpha value is -0.470. The number of pyridine rings is 1. The molecule has 0 spiro atoms. The van der Waals surface area contributed by atoms with Crippen molar-refractivity contribution in [1.82, 2.24) is 4.98 Å². The van der Waals surface area contributed by atoms with E-state index in [2.05, 4.69) is 25.4 Å². The van der Waals surface area contributed by atoms with Gasteiger partial charge in [0.2, 0.25) is 0 Å². The molecule has 1 nitrogen and oxygen atoms in total. The molecule has 1 heterocycles. The fourth-order valence-electron chi connectivity index (χ4n) is 0.922. The third-order valence-corrected chi connectivity index (χ3v) is 2.81. The first kappa shape index (κ1) is 10.6. The maximum Gasteiger partial charge on any atom is 0.119 e. The monoisotopic (exact) mass is 213 g/mol. The molecule has 1 aromatic rings. The molecule has 0 atom stereocenters. The molecule has 0 aliphatic carbocycles. The molecular weight excluding hydrogens is 202 g/mol. The van der Waals surface area contributed by atoms with Gasteiger partial charge in [-0.3, -0.25) is 0 Å². The molecule has 0 aliphatic heterocycles. The minimum absolute atomic E-state index is 0.466. The minimum atomic E-state index is 0.466. The van der Waals surface area contributed by atoms with E-state index in [1.165, 1.54) is 17.3 Å². The predicted molar refractivity (Wildman–Crippen MR) is 59.4 cm³/mol. The van der Waals surface area contributed by atoms with Crippen LogP contribution < -0.4 is 0 Å². The summed E-state index contributed by atoms with van der Waals surface area (Å²) < 4.78 is 0. The Kier molecular flexibility index (Phi) is 3.82. The van der Waals surface area contributed by atoms with E-state index in [0.717, 1.165) is 5.03 Å². The lowest BCUT2D eigenvalue weighted by molar-refractivity contribution is 0.851. The molecule has 70 valence electrons. The van der Waals surface area contributed by atoms with Crippen LogP contribution in [0.2, 0.25) is 5.02 Å². The fraction of sp³-hybridized carbons (Fsp3) is 0.300. The van der Waals surface area contributed by atoms with Gasteiger partial charge in [-0.2, -0.15) is 0 Å². The highest BCUT2D eigenvalue weighted by atomic mass is 35.5. The summed E-state index contributed by atoms with van der Waals surface area (Å²) in [7, 11) is 0. The number of thioether (sulfide) groups is 1. The van der Waals surface area contributed by atoms with Crippen LogP contribution in [0.15, 0.2) is 29.3 Å². The summed E-state index contributed by atoms with van der Waals surface area (Å²) in [5, 5.41) is 3.25. The van der Waals surface area contributed by atoms with Gasteiger partial charge < -0.3 is 0 Å². The van der Waals surface area contributed by atoms with Gasteiger partial charge >= 0.3 is 0 Å². The lowest BCUT2D eigenvalue weighted by Gasteiger charge is -2.06. The number of aromatic nitrogens is 1. The first-order valence-electron chi connectivity index (χ1n) is 4.08. The van der Waals surface area contributed by atoms with Gasteiger partial charge in [0.25, 0.3) is 0 Å². The van der Waals surface area contributed by atoms with Gasteiger partial charge in [0.15, 0.2) is 0 Å². The fourth-order valence-corrected chi connectivity index (χ4v) is 1.67. The average molecular weight is 214 g/mol. The SMILES string of the molecule is C=CSc1ncc(C(C)C)cc1Cl. The molecule has 0 aliphatic rings. The molecule has 3 heteroatoms. The van der Waals surface area contributed by atoms with E-state index < -0.39 is 0 Å². The van der Waals surface area contributed by atoms with Crippen molar-refractivity contribution in [2.24, 2.45) is 0 Å². The second-order valence-electron chi connectivity index (χ2n) is 2.99. The van der Waals surface area contributed by atoms with Gasteiger partial charge in [0.05, 0.1) is 5.02 Å². The molecule has 0 unspecified atom stereocenters. The number of hydrogen-bond acceptors (Lipinski definition) is 2. The van der Waals surface area contributed by atoms with Crippen LogP contribution in [0.3, 0.4) is 0 Å². The van der Waals surface area contributed by atoms with Crippen LogP contribution in [-0.2, 0) is 0 Å². The second-order valence-corrected chi connectivity index (χ2v) is 4.36. The summed E-state index contributed by atoms with van der Waals surface area (Å²) in [6, 6.07) is 1.96. The van der Waals surface area contributed by atoms with Gasteiger partial charge in [-0.1, -0.05) is 43.8 Å². The molecule has 0 N–H and O–H groups in total. The Morgan fingerprint density at radius 2 is 2.31 bits per heavy atom. The summed E-state index contributed by atoms with van der Waals surface area (Å²) in [5.74, 6) is 0.466. The van der Waals surface area contributed by atoms with Crippen LogP contribution in [-0.4, -0.2) is 4.98 Å². The molecular formula is C10H12ClNS. The molecule has 0 bridgehead atoms. The van der Waals surface area contributed by atoms with Crippen LogP contribution >= 0.6 is 23.4 Å². The van der Waals surface area contributed by atoms with Crippen molar-refractivity contribution in [3.63, 3.8) is 0 Å². The lowest BCUT2D eigenvalue weighted by Crippen LogP contribution is -1.90. The number of hydrogen-bond donors (Lipinski definition) is 0. The van der Waals surface area contributed by atoms with Gasteiger partial charge in [0.1, 0.15) is 5.03 Å². The van der Waals surface area contributed by atoms with Crippen molar-refractivity contribution < 1.29 is 0 Å². The van der Waals surface area contributed by atoms with Gasteiger partial charge in [-0.05, 0) is 23.0 Å². The summed E-state index contributed by atoms with van der Waals surface area (Å²) in [5.41, 5.74) is 1.17. The minimum Gasteiger partial charge on any atom is -0.248 e. The van der Waals surface area contributed by atoms with Gasteiger partial charge in [0, 0.05) is 6.20 Å². The Balaban J connectivity index is 2.98. The predicted octanol–water partition coefficient (Wildman–Crippen LogP) is 4.09. The zero-order valence-corrected chi connectivity index (χ0v) is 9.32. The van der Waals surface area contributed by atoms with Crippen LogP contribution in [0.4, 0.5) is 0 Å². The van der Waals surface area contributed by atoms with Crippen LogP contribution in [0.1, 0.15) is 25.3 Å². The van der Waals surface area contributed by atoms with E-state index >= 15 is 0 Å². The van der Waals surface area contributed by atoms with E-state index in [1.54, 1.807) is 5.41 Å². The maximum absolute atomic E-state index is 6.02. The summed E-state index contributed by atoms with van der Waals surface area (Å²) in [6.45, 7) is 7.86.